The number of benzene rings is 3. The monoisotopic (exact) mass is 452 g/mol. The standard InChI is InChI=1S/C24H21ClN2O3S/c25-14-5-15-31(30)18-12-10-17(11-13-18)16-23(28)27-21-8-3-1-6-19(21)24(29)26-20-7-2-4-9-22(20)27/h1-4,6-13H,5,14-16H2,(H,26,29). The Morgan fingerprint density at radius 1 is 0.935 bits per heavy atom. The minimum absolute atomic E-state index is 0.144. The van der Waals surface area contributed by atoms with E-state index in [1.807, 2.05) is 36.4 Å². The Hall–Kier alpha value is -2.96. The van der Waals surface area contributed by atoms with Gasteiger partial charge in [-0.3, -0.25) is 18.7 Å². The topological polar surface area (TPSA) is 66.5 Å². The Balaban J connectivity index is 1.63. The van der Waals surface area contributed by atoms with Crippen molar-refractivity contribution in [1.29, 1.82) is 0 Å². The molecule has 0 saturated heterocycles. The van der Waals surface area contributed by atoms with Gasteiger partial charge in [-0.1, -0.05) is 36.4 Å². The van der Waals surface area contributed by atoms with E-state index in [-0.39, 0.29) is 18.2 Å². The zero-order valence-corrected chi connectivity index (χ0v) is 18.3. The summed E-state index contributed by atoms with van der Waals surface area (Å²) in [5.41, 5.74) is 3.01. The first-order chi connectivity index (χ1) is 15.1. The predicted molar refractivity (Wildman–Crippen MR) is 125 cm³/mol. The van der Waals surface area contributed by atoms with Crippen LogP contribution >= 0.6 is 11.6 Å². The highest BCUT2D eigenvalue weighted by molar-refractivity contribution is 7.85. The highest BCUT2D eigenvalue weighted by Crippen LogP contribution is 2.38. The molecule has 3 aromatic rings. The molecule has 1 aliphatic rings. The summed E-state index contributed by atoms with van der Waals surface area (Å²) in [6, 6.07) is 21.6. The molecule has 2 amide bonds. The first-order valence-electron chi connectivity index (χ1n) is 9.94. The summed E-state index contributed by atoms with van der Waals surface area (Å²) in [4.78, 5) is 28.4. The lowest BCUT2D eigenvalue weighted by Crippen LogP contribution is -2.28. The Kier molecular flexibility index (Phi) is 6.49. The molecule has 3 aromatic carbocycles. The van der Waals surface area contributed by atoms with Crippen LogP contribution in [0.5, 0.6) is 0 Å². The zero-order chi connectivity index (χ0) is 21.8. The quantitative estimate of drug-likeness (QED) is 0.541. The molecule has 1 N–H and O–H groups in total. The third-order valence-electron chi connectivity index (χ3n) is 5.04. The van der Waals surface area contributed by atoms with Gasteiger partial charge in [-0.15, -0.1) is 11.6 Å². The number of alkyl halides is 1. The Morgan fingerprint density at radius 3 is 2.35 bits per heavy atom. The maximum Gasteiger partial charge on any atom is 0.257 e. The lowest BCUT2D eigenvalue weighted by atomic mass is 10.1. The molecular weight excluding hydrogens is 432 g/mol. The van der Waals surface area contributed by atoms with Crippen molar-refractivity contribution in [3.8, 4) is 0 Å². The number of para-hydroxylation sites is 3. The maximum atomic E-state index is 13.4. The molecule has 1 aliphatic heterocycles. The van der Waals surface area contributed by atoms with Gasteiger partial charge in [-0.25, -0.2) is 0 Å². The van der Waals surface area contributed by atoms with Crippen LogP contribution in [0.3, 0.4) is 0 Å². The normalized spacial score (nSPS) is 13.6. The largest absolute Gasteiger partial charge is 0.320 e. The van der Waals surface area contributed by atoms with Gasteiger partial charge in [-0.05, 0) is 48.4 Å². The van der Waals surface area contributed by atoms with E-state index < -0.39 is 10.8 Å². The smallest absolute Gasteiger partial charge is 0.257 e. The number of rotatable bonds is 6. The summed E-state index contributed by atoms with van der Waals surface area (Å²) in [6.45, 7) is 0. The number of carbonyl (C=O) groups excluding carboxylic acids is 2. The number of nitrogens with one attached hydrogen (secondary N) is 1. The molecule has 1 heterocycles. The second-order valence-electron chi connectivity index (χ2n) is 7.13. The van der Waals surface area contributed by atoms with E-state index in [4.69, 9.17) is 11.6 Å². The summed E-state index contributed by atoms with van der Waals surface area (Å²) in [7, 11) is -1.10. The van der Waals surface area contributed by atoms with Gasteiger partial charge in [0.25, 0.3) is 5.91 Å². The minimum atomic E-state index is -1.10. The number of amides is 2. The average molecular weight is 453 g/mol. The van der Waals surface area contributed by atoms with Crippen molar-refractivity contribution in [3.05, 3.63) is 83.9 Å². The summed E-state index contributed by atoms with van der Waals surface area (Å²) in [5, 5.41) is 2.89. The van der Waals surface area contributed by atoms with Crippen LogP contribution in [0.25, 0.3) is 0 Å². The van der Waals surface area contributed by atoms with E-state index in [0.29, 0.717) is 40.7 Å². The van der Waals surface area contributed by atoms with Gasteiger partial charge in [0.05, 0.1) is 39.8 Å². The molecule has 0 saturated carbocycles. The van der Waals surface area contributed by atoms with Crippen molar-refractivity contribution in [2.24, 2.45) is 0 Å². The van der Waals surface area contributed by atoms with E-state index in [2.05, 4.69) is 5.32 Å². The summed E-state index contributed by atoms with van der Waals surface area (Å²) in [5.74, 6) is 0.591. The van der Waals surface area contributed by atoms with Gasteiger partial charge in [0, 0.05) is 16.5 Å². The highest BCUT2D eigenvalue weighted by Gasteiger charge is 2.28. The van der Waals surface area contributed by atoms with E-state index >= 15 is 0 Å². The third-order valence-corrected chi connectivity index (χ3v) is 6.76. The van der Waals surface area contributed by atoms with Crippen LogP contribution in [-0.4, -0.2) is 27.7 Å². The van der Waals surface area contributed by atoms with Crippen molar-refractivity contribution >= 4 is 51.3 Å². The third kappa shape index (κ3) is 4.55. The summed E-state index contributed by atoms with van der Waals surface area (Å²) >= 11 is 5.68. The molecule has 0 fully saturated rings. The molecule has 0 spiro atoms. The number of hydrogen-bond donors (Lipinski definition) is 1. The lowest BCUT2D eigenvalue weighted by molar-refractivity contribution is -0.117. The highest BCUT2D eigenvalue weighted by atomic mass is 35.5. The van der Waals surface area contributed by atoms with Crippen LogP contribution in [0.1, 0.15) is 22.3 Å². The maximum absolute atomic E-state index is 13.4. The second kappa shape index (κ2) is 9.45. The lowest BCUT2D eigenvalue weighted by Gasteiger charge is -2.24. The molecule has 0 radical (unpaired) electrons. The number of fused-ring (bicyclic) bond motifs is 2. The number of hydrogen-bond acceptors (Lipinski definition) is 3. The van der Waals surface area contributed by atoms with Crippen molar-refractivity contribution in [2.75, 3.05) is 21.8 Å². The van der Waals surface area contributed by atoms with Crippen LogP contribution in [-0.2, 0) is 22.0 Å². The predicted octanol–water partition coefficient (Wildman–Crippen LogP) is 4.90. The van der Waals surface area contributed by atoms with Crippen molar-refractivity contribution < 1.29 is 13.8 Å². The molecular formula is C24H21ClN2O3S. The number of anilines is 3. The van der Waals surface area contributed by atoms with E-state index in [1.165, 1.54) is 0 Å². The van der Waals surface area contributed by atoms with Crippen molar-refractivity contribution in [1.82, 2.24) is 0 Å². The van der Waals surface area contributed by atoms with Crippen molar-refractivity contribution in [2.45, 2.75) is 17.7 Å². The molecule has 0 aromatic heterocycles. The molecule has 1 unspecified atom stereocenters. The Morgan fingerprint density at radius 2 is 1.61 bits per heavy atom. The number of carbonyl (C=O) groups is 2. The Bertz CT molecular complexity index is 1150. The molecule has 7 heteroatoms. The first kappa shape index (κ1) is 21.3. The first-order valence-corrected chi connectivity index (χ1v) is 11.8. The fourth-order valence-corrected chi connectivity index (χ4v) is 4.91. The molecule has 5 nitrogen and oxygen atoms in total. The van der Waals surface area contributed by atoms with Crippen LogP contribution in [0, 0.1) is 0 Å². The van der Waals surface area contributed by atoms with Gasteiger partial charge >= 0.3 is 0 Å². The van der Waals surface area contributed by atoms with E-state index in [9.17, 15) is 13.8 Å². The van der Waals surface area contributed by atoms with Gasteiger partial charge in [0.15, 0.2) is 0 Å². The Labute approximate surface area is 188 Å². The van der Waals surface area contributed by atoms with Gasteiger partial charge < -0.3 is 5.32 Å². The van der Waals surface area contributed by atoms with Crippen LogP contribution in [0.15, 0.2) is 77.7 Å². The van der Waals surface area contributed by atoms with Gasteiger partial charge in [-0.2, -0.15) is 0 Å². The van der Waals surface area contributed by atoms with Crippen LogP contribution < -0.4 is 10.2 Å². The SMILES string of the molecule is O=C1Nc2ccccc2N(C(=O)Cc2ccc(S(=O)CCCCl)cc2)c2ccccc21. The van der Waals surface area contributed by atoms with Gasteiger partial charge in [0.1, 0.15) is 0 Å². The van der Waals surface area contributed by atoms with E-state index in [0.717, 1.165) is 10.5 Å². The fraction of sp³-hybridized carbons (Fsp3) is 0.167. The number of nitrogens with zero attached hydrogens (tertiary/aromatic N) is 1. The molecule has 0 aliphatic carbocycles. The molecule has 4 rings (SSSR count). The van der Waals surface area contributed by atoms with Crippen LogP contribution in [0.2, 0.25) is 0 Å². The minimum Gasteiger partial charge on any atom is -0.320 e. The van der Waals surface area contributed by atoms with Crippen LogP contribution in [0.4, 0.5) is 17.1 Å². The second-order valence-corrected chi connectivity index (χ2v) is 9.08. The summed E-state index contributed by atoms with van der Waals surface area (Å²) in [6.07, 6.45) is 0.834. The fourth-order valence-electron chi connectivity index (χ4n) is 3.54. The summed E-state index contributed by atoms with van der Waals surface area (Å²) < 4.78 is 12.3. The average Bonchev–Trinajstić information content (AvgIpc) is 2.92. The van der Waals surface area contributed by atoms with E-state index in [1.54, 1.807) is 41.3 Å². The van der Waals surface area contributed by atoms with Gasteiger partial charge in [0.2, 0.25) is 5.91 Å². The van der Waals surface area contributed by atoms with Crippen molar-refractivity contribution in [3.63, 3.8) is 0 Å². The molecule has 1 atom stereocenters. The molecule has 158 valence electrons. The molecule has 0 bridgehead atoms. The molecule has 31 heavy (non-hydrogen) atoms. The zero-order valence-electron chi connectivity index (χ0n) is 16.7. The number of halogens is 1.